The Morgan fingerprint density at radius 2 is 2.00 bits per heavy atom. The Morgan fingerprint density at radius 1 is 1.33 bits per heavy atom. The van der Waals surface area contributed by atoms with Gasteiger partial charge in [-0.3, -0.25) is 4.68 Å². The normalized spacial score (nSPS) is 13.2. The molecule has 1 unspecified atom stereocenters. The van der Waals surface area contributed by atoms with Gasteiger partial charge in [0.25, 0.3) is 0 Å². The first-order valence-electron chi connectivity index (χ1n) is 6.48. The molecular formula is C13H25N3O2. The van der Waals surface area contributed by atoms with Crippen molar-refractivity contribution in [1.82, 2.24) is 15.1 Å². The second-order valence-electron chi connectivity index (χ2n) is 4.30. The highest BCUT2D eigenvalue weighted by Crippen LogP contribution is 2.11. The number of nitrogens with one attached hydrogen (secondary N) is 1. The predicted molar refractivity (Wildman–Crippen MR) is 71.6 cm³/mol. The number of likely N-dealkylation sites (N-methyl/N-ethyl adjacent to an activating group) is 1. The van der Waals surface area contributed by atoms with Crippen LogP contribution in [0.3, 0.4) is 0 Å². The topological polar surface area (TPSA) is 48.3 Å². The molecule has 1 aromatic heterocycles. The molecule has 1 atom stereocenters. The van der Waals surface area contributed by atoms with Crippen LogP contribution in [0.25, 0.3) is 0 Å². The lowest BCUT2D eigenvalue weighted by atomic mass is 10.1. The van der Waals surface area contributed by atoms with Crippen molar-refractivity contribution in [3.8, 4) is 0 Å². The van der Waals surface area contributed by atoms with Crippen molar-refractivity contribution in [1.29, 1.82) is 0 Å². The minimum atomic E-state index is -0.245. The molecule has 1 aromatic rings. The lowest BCUT2D eigenvalue weighted by molar-refractivity contribution is -0.122. The van der Waals surface area contributed by atoms with E-state index in [1.807, 2.05) is 11.6 Å². The van der Waals surface area contributed by atoms with Crippen LogP contribution in [0.4, 0.5) is 0 Å². The van der Waals surface area contributed by atoms with Gasteiger partial charge in [-0.05, 0) is 26.5 Å². The quantitative estimate of drug-likeness (QED) is 0.712. The minimum absolute atomic E-state index is 0.131. The number of rotatable bonds is 8. The lowest BCUT2D eigenvalue weighted by Crippen LogP contribution is -2.44. The van der Waals surface area contributed by atoms with Crippen molar-refractivity contribution in [2.75, 3.05) is 20.8 Å². The van der Waals surface area contributed by atoms with Gasteiger partial charge in [-0.25, -0.2) is 0 Å². The molecule has 18 heavy (non-hydrogen) atoms. The van der Waals surface area contributed by atoms with E-state index in [9.17, 15) is 0 Å². The second-order valence-corrected chi connectivity index (χ2v) is 4.30. The summed E-state index contributed by atoms with van der Waals surface area (Å²) in [6.07, 6.45) is 0.597. The third-order valence-electron chi connectivity index (χ3n) is 2.97. The molecule has 0 saturated carbocycles. The highest BCUT2D eigenvalue weighted by Gasteiger charge is 2.22. The largest absolute Gasteiger partial charge is 0.354 e. The molecule has 0 saturated heterocycles. The summed E-state index contributed by atoms with van der Waals surface area (Å²) >= 11 is 0. The SMILES string of the molecule is CCNC(Cc1cc(C)nn1CC)C(OC)OC. The molecule has 0 aromatic carbocycles. The summed E-state index contributed by atoms with van der Waals surface area (Å²) < 4.78 is 12.7. The minimum Gasteiger partial charge on any atom is -0.354 e. The number of nitrogens with zero attached hydrogens (tertiary/aromatic N) is 2. The van der Waals surface area contributed by atoms with Gasteiger partial charge in [-0.15, -0.1) is 0 Å². The highest BCUT2D eigenvalue weighted by molar-refractivity contribution is 5.10. The number of hydrogen-bond donors (Lipinski definition) is 1. The number of methoxy groups -OCH3 is 2. The molecule has 0 fully saturated rings. The van der Waals surface area contributed by atoms with Gasteiger partial charge in [0.1, 0.15) is 0 Å². The van der Waals surface area contributed by atoms with Gasteiger partial charge in [0.05, 0.1) is 11.7 Å². The van der Waals surface area contributed by atoms with Gasteiger partial charge >= 0.3 is 0 Å². The summed E-state index contributed by atoms with van der Waals surface area (Å²) in [7, 11) is 3.34. The molecule has 1 rings (SSSR count). The molecule has 0 aliphatic heterocycles. The van der Waals surface area contributed by atoms with Crippen molar-refractivity contribution in [3.63, 3.8) is 0 Å². The molecule has 0 spiro atoms. The van der Waals surface area contributed by atoms with Gasteiger partial charge in [0.2, 0.25) is 0 Å². The summed E-state index contributed by atoms with van der Waals surface area (Å²) in [5.41, 5.74) is 2.26. The molecule has 5 heteroatoms. The third-order valence-corrected chi connectivity index (χ3v) is 2.97. The molecule has 0 radical (unpaired) electrons. The van der Waals surface area contributed by atoms with Gasteiger partial charge in [0.15, 0.2) is 6.29 Å². The van der Waals surface area contributed by atoms with Gasteiger partial charge in [-0.2, -0.15) is 5.10 Å². The van der Waals surface area contributed by atoms with E-state index in [4.69, 9.17) is 9.47 Å². The number of hydrogen-bond acceptors (Lipinski definition) is 4. The maximum absolute atomic E-state index is 5.35. The zero-order valence-corrected chi connectivity index (χ0v) is 12.1. The van der Waals surface area contributed by atoms with Crippen molar-refractivity contribution >= 4 is 0 Å². The molecule has 104 valence electrons. The van der Waals surface area contributed by atoms with Crippen LogP contribution in [0.2, 0.25) is 0 Å². The summed E-state index contributed by atoms with van der Waals surface area (Å²) in [4.78, 5) is 0. The van der Waals surface area contributed by atoms with Crippen LogP contribution in [0.5, 0.6) is 0 Å². The molecule has 1 heterocycles. The first-order chi connectivity index (χ1) is 8.65. The second kappa shape index (κ2) is 7.51. The Bertz CT molecular complexity index is 348. The van der Waals surface area contributed by atoms with Crippen molar-refractivity contribution in [3.05, 3.63) is 17.5 Å². The molecular weight excluding hydrogens is 230 g/mol. The molecule has 0 bridgehead atoms. The van der Waals surface area contributed by atoms with E-state index in [0.717, 1.165) is 25.2 Å². The van der Waals surface area contributed by atoms with E-state index in [2.05, 4.69) is 30.3 Å². The van der Waals surface area contributed by atoms with E-state index in [1.165, 1.54) is 5.69 Å². The maximum atomic E-state index is 5.35. The van der Waals surface area contributed by atoms with E-state index in [0.29, 0.717) is 0 Å². The summed E-state index contributed by atoms with van der Waals surface area (Å²) in [6, 6.07) is 2.25. The zero-order valence-electron chi connectivity index (χ0n) is 12.1. The highest BCUT2D eigenvalue weighted by atomic mass is 16.7. The fourth-order valence-electron chi connectivity index (χ4n) is 2.21. The Morgan fingerprint density at radius 3 is 2.50 bits per heavy atom. The van der Waals surface area contributed by atoms with Gasteiger partial charge < -0.3 is 14.8 Å². The first-order valence-corrected chi connectivity index (χ1v) is 6.48. The van der Waals surface area contributed by atoms with Crippen LogP contribution in [0, 0.1) is 6.92 Å². The van der Waals surface area contributed by atoms with E-state index in [-0.39, 0.29) is 12.3 Å². The summed E-state index contributed by atoms with van der Waals surface area (Å²) in [5.74, 6) is 0. The molecule has 0 amide bonds. The average molecular weight is 255 g/mol. The van der Waals surface area contributed by atoms with Crippen LogP contribution in [0.1, 0.15) is 25.2 Å². The summed E-state index contributed by atoms with van der Waals surface area (Å²) in [5, 5.41) is 7.86. The number of aryl methyl sites for hydroxylation is 2. The van der Waals surface area contributed by atoms with E-state index in [1.54, 1.807) is 14.2 Å². The summed E-state index contributed by atoms with van der Waals surface area (Å²) in [6.45, 7) is 7.96. The molecule has 0 aliphatic rings. The third kappa shape index (κ3) is 3.80. The number of aromatic nitrogens is 2. The van der Waals surface area contributed by atoms with E-state index >= 15 is 0 Å². The Hall–Kier alpha value is -0.910. The monoisotopic (exact) mass is 255 g/mol. The van der Waals surface area contributed by atoms with Crippen molar-refractivity contribution < 1.29 is 9.47 Å². The smallest absolute Gasteiger partial charge is 0.172 e. The molecule has 5 nitrogen and oxygen atoms in total. The maximum Gasteiger partial charge on any atom is 0.172 e. The fourth-order valence-corrected chi connectivity index (χ4v) is 2.21. The van der Waals surface area contributed by atoms with Crippen LogP contribution in [-0.4, -0.2) is 42.9 Å². The average Bonchev–Trinajstić information content (AvgIpc) is 2.71. The van der Waals surface area contributed by atoms with Crippen LogP contribution < -0.4 is 5.32 Å². The van der Waals surface area contributed by atoms with Gasteiger partial charge in [0, 0.05) is 32.9 Å². The zero-order chi connectivity index (χ0) is 13.5. The lowest BCUT2D eigenvalue weighted by Gasteiger charge is -2.25. The first kappa shape index (κ1) is 15.1. The van der Waals surface area contributed by atoms with Crippen LogP contribution >= 0.6 is 0 Å². The van der Waals surface area contributed by atoms with Crippen LogP contribution in [-0.2, 0) is 22.4 Å². The number of ether oxygens (including phenoxy) is 2. The van der Waals surface area contributed by atoms with Gasteiger partial charge in [-0.1, -0.05) is 6.92 Å². The van der Waals surface area contributed by atoms with Crippen molar-refractivity contribution in [2.45, 2.75) is 46.1 Å². The Kier molecular flexibility index (Phi) is 6.32. The molecule has 1 N–H and O–H groups in total. The Balaban J connectivity index is 2.81. The Labute approximate surface area is 109 Å². The fraction of sp³-hybridized carbons (Fsp3) is 0.769. The van der Waals surface area contributed by atoms with E-state index < -0.39 is 0 Å². The molecule has 0 aliphatic carbocycles. The standard InChI is InChI=1S/C13H25N3O2/c1-6-14-12(13(17-4)18-5)9-11-8-10(3)15-16(11)7-2/h8,12-14H,6-7,9H2,1-5H3. The predicted octanol–water partition coefficient (Wildman–Crippen LogP) is 1.35. The van der Waals surface area contributed by atoms with Crippen molar-refractivity contribution in [2.24, 2.45) is 0 Å². The van der Waals surface area contributed by atoms with Crippen LogP contribution in [0.15, 0.2) is 6.07 Å².